The number of amides is 2. The standard InChI is InChI=1S/C20H22N4O3/c25-19(24-11-9-22-13-17(24)15-4-3-8-21-12-15)7-10-23-16-5-1-2-6-18(16)27-14-20(23)26/h1-6,8,12,17,22H,7,9-11,13-14H2. The zero-order chi connectivity index (χ0) is 18.6. The summed E-state index contributed by atoms with van der Waals surface area (Å²) in [5, 5.41) is 3.34. The van der Waals surface area contributed by atoms with Crippen molar-refractivity contribution in [1.82, 2.24) is 15.2 Å². The fourth-order valence-corrected chi connectivity index (χ4v) is 3.62. The Balaban J connectivity index is 1.46. The Kier molecular flexibility index (Phi) is 5.02. The van der Waals surface area contributed by atoms with Crippen molar-refractivity contribution in [3.05, 3.63) is 54.4 Å². The van der Waals surface area contributed by atoms with Gasteiger partial charge in [-0.1, -0.05) is 18.2 Å². The average molecular weight is 366 g/mol. The van der Waals surface area contributed by atoms with Crippen LogP contribution in [0.4, 0.5) is 5.69 Å². The zero-order valence-corrected chi connectivity index (χ0v) is 15.0. The second-order valence-electron chi connectivity index (χ2n) is 6.65. The maximum absolute atomic E-state index is 13.0. The molecule has 1 saturated heterocycles. The number of rotatable bonds is 4. The number of hydrogen-bond acceptors (Lipinski definition) is 5. The summed E-state index contributed by atoms with van der Waals surface area (Å²) >= 11 is 0. The molecule has 7 heteroatoms. The number of carbonyl (C=O) groups excluding carboxylic acids is 2. The van der Waals surface area contributed by atoms with E-state index in [1.54, 1.807) is 17.3 Å². The Labute approximate surface area is 157 Å². The van der Waals surface area contributed by atoms with Crippen molar-refractivity contribution in [1.29, 1.82) is 0 Å². The molecule has 1 aromatic carbocycles. The summed E-state index contributed by atoms with van der Waals surface area (Å²) < 4.78 is 5.46. The first-order valence-electron chi connectivity index (χ1n) is 9.16. The molecule has 1 N–H and O–H groups in total. The fourth-order valence-electron chi connectivity index (χ4n) is 3.62. The van der Waals surface area contributed by atoms with E-state index in [0.29, 0.717) is 25.4 Å². The highest BCUT2D eigenvalue weighted by molar-refractivity contribution is 5.98. The minimum Gasteiger partial charge on any atom is -0.482 e. The summed E-state index contributed by atoms with van der Waals surface area (Å²) in [4.78, 5) is 33.0. The molecule has 140 valence electrons. The predicted octanol–water partition coefficient (Wildman–Crippen LogP) is 1.37. The summed E-state index contributed by atoms with van der Waals surface area (Å²) in [7, 11) is 0. The van der Waals surface area contributed by atoms with E-state index >= 15 is 0 Å². The van der Waals surface area contributed by atoms with Gasteiger partial charge in [0.2, 0.25) is 5.91 Å². The number of pyridine rings is 1. The zero-order valence-electron chi connectivity index (χ0n) is 15.0. The number of piperazine rings is 1. The van der Waals surface area contributed by atoms with Crippen molar-refractivity contribution in [3.63, 3.8) is 0 Å². The molecule has 27 heavy (non-hydrogen) atoms. The van der Waals surface area contributed by atoms with Gasteiger partial charge in [0.05, 0.1) is 11.7 Å². The first kappa shape index (κ1) is 17.5. The second kappa shape index (κ2) is 7.75. The molecular weight excluding hydrogens is 344 g/mol. The molecule has 2 aliphatic heterocycles. The topological polar surface area (TPSA) is 74.8 Å². The summed E-state index contributed by atoms with van der Waals surface area (Å²) in [6.45, 7) is 2.48. The van der Waals surface area contributed by atoms with E-state index < -0.39 is 0 Å². The highest BCUT2D eigenvalue weighted by Crippen LogP contribution is 2.31. The van der Waals surface area contributed by atoms with Crippen molar-refractivity contribution in [2.75, 3.05) is 37.7 Å². The monoisotopic (exact) mass is 366 g/mol. The van der Waals surface area contributed by atoms with Crippen LogP contribution in [-0.4, -0.2) is 54.5 Å². The Bertz CT molecular complexity index is 827. The van der Waals surface area contributed by atoms with E-state index in [0.717, 1.165) is 17.8 Å². The van der Waals surface area contributed by atoms with Crippen LogP contribution >= 0.6 is 0 Å². The van der Waals surface area contributed by atoms with E-state index in [2.05, 4.69) is 10.3 Å². The number of hydrogen-bond donors (Lipinski definition) is 1. The molecule has 0 saturated carbocycles. The Hall–Kier alpha value is -2.93. The highest BCUT2D eigenvalue weighted by atomic mass is 16.5. The average Bonchev–Trinajstić information content (AvgIpc) is 2.73. The second-order valence-corrected chi connectivity index (χ2v) is 6.65. The van der Waals surface area contributed by atoms with Crippen molar-refractivity contribution < 1.29 is 14.3 Å². The number of carbonyl (C=O) groups is 2. The van der Waals surface area contributed by atoms with Crippen LogP contribution in [0.25, 0.3) is 0 Å². The minimum absolute atomic E-state index is 0.0111. The minimum atomic E-state index is -0.120. The highest BCUT2D eigenvalue weighted by Gasteiger charge is 2.30. The number of nitrogens with zero attached hydrogens (tertiary/aromatic N) is 3. The number of benzene rings is 1. The normalized spacial score (nSPS) is 19.4. The molecule has 3 heterocycles. The van der Waals surface area contributed by atoms with E-state index in [-0.39, 0.29) is 30.9 Å². The number of anilines is 1. The lowest BCUT2D eigenvalue weighted by Crippen LogP contribution is -2.49. The Morgan fingerprint density at radius 3 is 3.00 bits per heavy atom. The lowest BCUT2D eigenvalue weighted by molar-refractivity contribution is -0.134. The SMILES string of the molecule is O=C1COc2ccccc2N1CCC(=O)N1CCNCC1c1cccnc1. The van der Waals surface area contributed by atoms with Gasteiger partial charge in [0.1, 0.15) is 5.75 Å². The number of fused-ring (bicyclic) bond motifs is 1. The molecule has 1 unspecified atom stereocenters. The molecule has 7 nitrogen and oxygen atoms in total. The summed E-state index contributed by atoms with van der Waals surface area (Å²) in [6, 6.07) is 11.3. The van der Waals surface area contributed by atoms with Gasteiger partial charge in [-0.15, -0.1) is 0 Å². The molecule has 4 rings (SSSR count). The van der Waals surface area contributed by atoms with Gasteiger partial charge in [-0.3, -0.25) is 14.6 Å². The van der Waals surface area contributed by atoms with E-state index in [1.165, 1.54) is 0 Å². The van der Waals surface area contributed by atoms with Gasteiger partial charge >= 0.3 is 0 Å². The van der Waals surface area contributed by atoms with Crippen LogP contribution in [-0.2, 0) is 9.59 Å². The van der Waals surface area contributed by atoms with Gasteiger partial charge in [0.15, 0.2) is 6.61 Å². The van der Waals surface area contributed by atoms with Gasteiger partial charge in [-0.2, -0.15) is 0 Å². The molecule has 0 aliphatic carbocycles. The molecule has 0 spiro atoms. The lowest BCUT2D eigenvalue weighted by atomic mass is 10.0. The van der Waals surface area contributed by atoms with Crippen LogP contribution in [0.5, 0.6) is 5.75 Å². The van der Waals surface area contributed by atoms with Crippen LogP contribution in [0.2, 0.25) is 0 Å². The molecule has 0 bridgehead atoms. The number of nitrogens with one attached hydrogen (secondary N) is 1. The molecule has 0 radical (unpaired) electrons. The van der Waals surface area contributed by atoms with Gasteiger partial charge in [-0.05, 0) is 23.8 Å². The molecule has 2 aliphatic rings. The smallest absolute Gasteiger partial charge is 0.265 e. The maximum atomic E-state index is 13.0. The molecule has 1 fully saturated rings. The van der Waals surface area contributed by atoms with Crippen molar-refractivity contribution >= 4 is 17.5 Å². The van der Waals surface area contributed by atoms with Crippen LogP contribution in [0.15, 0.2) is 48.8 Å². The molecule has 2 amide bonds. The summed E-state index contributed by atoms with van der Waals surface area (Å²) in [5.41, 5.74) is 1.75. The van der Waals surface area contributed by atoms with Crippen LogP contribution in [0.3, 0.4) is 0 Å². The Morgan fingerprint density at radius 2 is 2.15 bits per heavy atom. The van der Waals surface area contributed by atoms with Crippen molar-refractivity contribution in [3.8, 4) is 5.75 Å². The number of ether oxygens (including phenoxy) is 1. The largest absolute Gasteiger partial charge is 0.482 e. The Morgan fingerprint density at radius 1 is 1.26 bits per heavy atom. The predicted molar refractivity (Wildman–Crippen MR) is 100 cm³/mol. The molecular formula is C20H22N4O3. The third-order valence-corrected chi connectivity index (χ3v) is 4.99. The van der Waals surface area contributed by atoms with E-state index in [1.807, 2.05) is 41.3 Å². The molecule has 1 aromatic heterocycles. The fraction of sp³-hybridized carbons (Fsp3) is 0.350. The first-order chi connectivity index (χ1) is 13.2. The van der Waals surface area contributed by atoms with E-state index in [4.69, 9.17) is 4.74 Å². The lowest BCUT2D eigenvalue weighted by Gasteiger charge is -2.37. The van der Waals surface area contributed by atoms with Crippen molar-refractivity contribution in [2.45, 2.75) is 12.5 Å². The van der Waals surface area contributed by atoms with Gasteiger partial charge in [-0.25, -0.2) is 0 Å². The summed E-state index contributed by atoms with van der Waals surface area (Å²) in [6.07, 6.45) is 3.81. The van der Waals surface area contributed by atoms with Gasteiger partial charge < -0.3 is 19.9 Å². The third kappa shape index (κ3) is 3.64. The molecule has 1 atom stereocenters. The van der Waals surface area contributed by atoms with Crippen LogP contribution in [0.1, 0.15) is 18.0 Å². The first-order valence-corrected chi connectivity index (χ1v) is 9.16. The van der Waals surface area contributed by atoms with Crippen LogP contribution < -0.4 is 15.0 Å². The van der Waals surface area contributed by atoms with Gasteiger partial charge in [0.25, 0.3) is 5.91 Å². The van der Waals surface area contributed by atoms with Crippen LogP contribution in [0, 0.1) is 0 Å². The van der Waals surface area contributed by atoms with E-state index in [9.17, 15) is 9.59 Å². The number of aromatic nitrogens is 1. The maximum Gasteiger partial charge on any atom is 0.265 e. The third-order valence-electron chi connectivity index (χ3n) is 4.99. The molecule has 2 aromatic rings. The number of para-hydroxylation sites is 2. The van der Waals surface area contributed by atoms with Crippen molar-refractivity contribution in [2.24, 2.45) is 0 Å². The summed E-state index contributed by atoms with van der Waals surface area (Å²) in [5.74, 6) is 0.604. The van der Waals surface area contributed by atoms with Gasteiger partial charge in [0, 0.05) is 45.0 Å². The quantitative estimate of drug-likeness (QED) is 0.885.